The smallest absolute Gasteiger partial charge is 0.352 e. The standard InChI is InChI=1S/C20H17F3N4O2S/c21-20(22,23)10-15-9-16-17(24-12-25-18(16)30-15)26-4-6-27(7-5-26)19(29)14-3-1-2-13(8-14)11-28/h1-3,8-9,11-12H,4-7,10H2. The maximum atomic E-state index is 12.7. The van der Waals surface area contributed by atoms with Gasteiger partial charge in [0, 0.05) is 42.2 Å². The first-order chi connectivity index (χ1) is 14.3. The van der Waals surface area contributed by atoms with Crippen molar-refractivity contribution < 1.29 is 22.8 Å². The van der Waals surface area contributed by atoms with Crippen molar-refractivity contribution in [3.63, 3.8) is 0 Å². The summed E-state index contributed by atoms with van der Waals surface area (Å²) in [7, 11) is 0. The topological polar surface area (TPSA) is 66.4 Å². The van der Waals surface area contributed by atoms with Gasteiger partial charge >= 0.3 is 6.18 Å². The highest BCUT2D eigenvalue weighted by molar-refractivity contribution is 7.18. The van der Waals surface area contributed by atoms with Gasteiger partial charge in [-0.2, -0.15) is 13.2 Å². The molecule has 0 spiro atoms. The highest BCUT2D eigenvalue weighted by Gasteiger charge is 2.30. The zero-order chi connectivity index (χ0) is 21.3. The number of alkyl halides is 3. The molecule has 0 aliphatic carbocycles. The number of carbonyl (C=O) groups is 2. The molecule has 1 aliphatic heterocycles. The number of aldehydes is 1. The Morgan fingerprint density at radius 1 is 1.13 bits per heavy atom. The molecular weight excluding hydrogens is 417 g/mol. The van der Waals surface area contributed by atoms with Crippen LogP contribution in [0.15, 0.2) is 36.7 Å². The Bertz CT molecular complexity index is 1090. The predicted octanol–water partition coefficient (Wildman–Crippen LogP) is 3.57. The summed E-state index contributed by atoms with van der Waals surface area (Å²) in [6.45, 7) is 1.87. The minimum absolute atomic E-state index is 0.158. The van der Waals surface area contributed by atoms with Crippen LogP contribution >= 0.6 is 11.3 Å². The maximum absolute atomic E-state index is 12.7. The molecule has 1 saturated heterocycles. The van der Waals surface area contributed by atoms with Crippen molar-refractivity contribution in [1.82, 2.24) is 14.9 Å². The fourth-order valence-corrected chi connectivity index (χ4v) is 4.50. The second-order valence-corrected chi connectivity index (χ2v) is 8.06. The summed E-state index contributed by atoms with van der Waals surface area (Å²) in [5.41, 5.74) is 0.891. The highest BCUT2D eigenvalue weighted by atomic mass is 32.1. The molecule has 10 heteroatoms. The molecule has 1 fully saturated rings. The van der Waals surface area contributed by atoms with Gasteiger partial charge in [-0.25, -0.2) is 9.97 Å². The molecule has 2 aromatic heterocycles. The molecule has 4 rings (SSSR count). The van der Waals surface area contributed by atoms with Gasteiger partial charge in [0.25, 0.3) is 5.91 Å². The van der Waals surface area contributed by atoms with Crippen molar-refractivity contribution in [2.45, 2.75) is 12.6 Å². The van der Waals surface area contributed by atoms with Gasteiger partial charge in [-0.1, -0.05) is 12.1 Å². The van der Waals surface area contributed by atoms with Crippen LogP contribution in [-0.2, 0) is 6.42 Å². The van der Waals surface area contributed by atoms with Crippen LogP contribution in [0.3, 0.4) is 0 Å². The molecule has 6 nitrogen and oxygen atoms in total. The second-order valence-electron chi connectivity index (χ2n) is 6.94. The Labute approximate surface area is 174 Å². The second kappa shape index (κ2) is 8.02. The fourth-order valence-electron chi connectivity index (χ4n) is 3.48. The molecule has 3 heterocycles. The van der Waals surface area contributed by atoms with Crippen LogP contribution in [-0.4, -0.2) is 59.4 Å². The SMILES string of the molecule is O=Cc1cccc(C(=O)N2CCN(c3ncnc4sc(CC(F)(F)F)cc34)CC2)c1. The molecule has 156 valence electrons. The summed E-state index contributed by atoms with van der Waals surface area (Å²) in [6.07, 6.45) is -3.21. The largest absolute Gasteiger partial charge is 0.393 e. The Morgan fingerprint density at radius 2 is 1.90 bits per heavy atom. The molecule has 0 unspecified atom stereocenters. The van der Waals surface area contributed by atoms with Crippen LogP contribution in [0.1, 0.15) is 25.6 Å². The van der Waals surface area contributed by atoms with E-state index >= 15 is 0 Å². The summed E-state index contributed by atoms with van der Waals surface area (Å²) in [5, 5.41) is 0.597. The molecule has 1 aromatic carbocycles. The number of hydrogen-bond donors (Lipinski definition) is 0. The molecule has 0 N–H and O–H groups in total. The number of amides is 1. The van der Waals surface area contributed by atoms with Crippen molar-refractivity contribution >= 4 is 39.6 Å². The number of rotatable bonds is 4. The van der Waals surface area contributed by atoms with E-state index in [0.29, 0.717) is 59.6 Å². The number of halogens is 3. The third-order valence-electron chi connectivity index (χ3n) is 4.87. The number of thiophene rings is 1. The lowest BCUT2D eigenvalue weighted by Gasteiger charge is -2.35. The first-order valence-corrected chi connectivity index (χ1v) is 10.1. The van der Waals surface area contributed by atoms with E-state index < -0.39 is 12.6 Å². The molecule has 0 bridgehead atoms. The predicted molar refractivity (Wildman–Crippen MR) is 107 cm³/mol. The zero-order valence-corrected chi connectivity index (χ0v) is 16.5. The van der Waals surface area contributed by atoms with Crippen molar-refractivity contribution in [2.24, 2.45) is 0 Å². The number of aromatic nitrogens is 2. The van der Waals surface area contributed by atoms with Crippen molar-refractivity contribution in [3.05, 3.63) is 52.7 Å². The van der Waals surface area contributed by atoms with Crippen molar-refractivity contribution in [1.29, 1.82) is 0 Å². The quantitative estimate of drug-likeness (QED) is 0.588. The van der Waals surface area contributed by atoms with Crippen LogP contribution in [0.4, 0.5) is 19.0 Å². The van der Waals surface area contributed by atoms with E-state index in [1.54, 1.807) is 29.2 Å². The number of nitrogens with zero attached hydrogens (tertiary/aromatic N) is 4. The fraction of sp³-hybridized carbons (Fsp3) is 0.300. The lowest BCUT2D eigenvalue weighted by atomic mass is 10.1. The molecule has 1 aliphatic rings. The van der Waals surface area contributed by atoms with Crippen LogP contribution < -0.4 is 4.90 Å². The van der Waals surface area contributed by atoms with Crippen molar-refractivity contribution in [2.75, 3.05) is 31.1 Å². The summed E-state index contributed by atoms with van der Waals surface area (Å²) in [6, 6.07) is 8.04. The van der Waals surface area contributed by atoms with Gasteiger partial charge in [-0.05, 0) is 18.2 Å². The average Bonchev–Trinajstić information content (AvgIpc) is 3.14. The van der Waals surface area contributed by atoms with Crippen LogP contribution in [0, 0.1) is 0 Å². The van der Waals surface area contributed by atoms with Crippen LogP contribution in [0.25, 0.3) is 10.2 Å². The lowest BCUT2D eigenvalue weighted by molar-refractivity contribution is -0.126. The van der Waals surface area contributed by atoms with E-state index in [4.69, 9.17) is 0 Å². The number of fused-ring (bicyclic) bond motifs is 1. The van der Waals surface area contributed by atoms with Gasteiger partial charge in [0.05, 0.1) is 11.8 Å². The zero-order valence-electron chi connectivity index (χ0n) is 15.7. The molecule has 30 heavy (non-hydrogen) atoms. The summed E-state index contributed by atoms with van der Waals surface area (Å²) >= 11 is 1.02. The number of carbonyl (C=O) groups excluding carboxylic acids is 2. The Kier molecular flexibility index (Phi) is 5.42. The minimum atomic E-state index is -4.28. The lowest BCUT2D eigenvalue weighted by Crippen LogP contribution is -2.49. The molecule has 1 amide bonds. The van der Waals surface area contributed by atoms with Gasteiger partial charge in [0.1, 0.15) is 23.3 Å². The van der Waals surface area contributed by atoms with Crippen molar-refractivity contribution in [3.8, 4) is 0 Å². The van der Waals surface area contributed by atoms with E-state index in [9.17, 15) is 22.8 Å². The van der Waals surface area contributed by atoms with Gasteiger partial charge in [0.2, 0.25) is 0 Å². The molecule has 0 radical (unpaired) electrons. The number of piperazine rings is 1. The monoisotopic (exact) mass is 434 g/mol. The molecular formula is C20H17F3N4O2S. The summed E-state index contributed by atoms with van der Waals surface area (Å²) in [5.74, 6) is 0.425. The Hall–Kier alpha value is -3.01. The van der Waals surface area contributed by atoms with Crippen LogP contribution in [0.5, 0.6) is 0 Å². The molecule has 3 aromatic rings. The first-order valence-electron chi connectivity index (χ1n) is 9.24. The van der Waals surface area contributed by atoms with E-state index in [-0.39, 0.29) is 10.8 Å². The minimum Gasteiger partial charge on any atom is -0.352 e. The third-order valence-corrected chi connectivity index (χ3v) is 5.91. The van der Waals surface area contributed by atoms with E-state index in [1.165, 1.54) is 12.4 Å². The normalized spacial score (nSPS) is 14.9. The molecule has 0 atom stereocenters. The maximum Gasteiger partial charge on any atom is 0.393 e. The number of hydrogen-bond acceptors (Lipinski definition) is 6. The molecule has 0 saturated carbocycles. The highest BCUT2D eigenvalue weighted by Crippen LogP contribution is 2.34. The summed E-state index contributed by atoms with van der Waals surface area (Å²) in [4.78, 5) is 36.4. The van der Waals surface area contributed by atoms with E-state index in [2.05, 4.69) is 9.97 Å². The van der Waals surface area contributed by atoms with Gasteiger partial charge in [-0.3, -0.25) is 9.59 Å². The van der Waals surface area contributed by atoms with Gasteiger partial charge < -0.3 is 9.80 Å². The first kappa shape index (κ1) is 20.3. The van der Waals surface area contributed by atoms with Crippen LogP contribution in [0.2, 0.25) is 0 Å². The number of anilines is 1. The third kappa shape index (κ3) is 4.28. The Morgan fingerprint density at radius 3 is 2.60 bits per heavy atom. The number of benzene rings is 1. The Balaban J connectivity index is 1.49. The summed E-state index contributed by atoms with van der Waals surface area (Å²) < 4.78 is 38.2. The average molecular weight is 434 g/mol. The van der Waals surface area contributed by atoms with Gasteiger partial charge in [-0.15, -0.1) is 11.3 Å². The van der Waals surface area contributed by atoms with Gasteiger partial charge in [0.15, 0.2) is 0 Å². The van der Waals surface area contributed by atoms with E-state index in [1.807, 2.05) is 4.90 Å². The van der Waals surface area contributed by atoms with E-state index in [0.717, 1.165) is 11.3 Å².